The number of halogens is 3. The Bertz CT molecular complexity index is 567. The van der Waals surface area contributed by atoms with Gasteiger partial charge in [-0.05, 0) is 44.2 Å². The summed E-state index contributed by atoms with van der Waals surface area (Å²) in [5.74, 6) is 0.124. The van der Waals surface area contributed by atoms with Gasteiger partial charge in [0, 0.05) is 26.2 Å². The third-order valence-electron chi connectivity index (χ3n) is 4.84. The van der Waals surface area contributed by atoms with Crippen molar-refractivity contribution < 1.29 is 18.0 Å². The smallest absolute Gasteiger partial charge is 0.369 e. The number of amides is 1. The Morgan fingerprint density at radius 3 is 2.46 bits per heavy atom. The summed E-state index contributed by atoms with van der Waals surface area (Å²) in [6, 6.07) is 2.45. The van der Waals surface area contributed by atoms with Gasteiger partial charge in [0.2, 0.25) is 5.91 Å². The Morgan fingerprint density at radius 1 is 1.08 bits per heavy atom. The van der Waals surface area contributed by atoms with Crippen molar-refractivity contribution in [3.8, 4) is 0 Å². The average molecular weight is 341 g/mol. The van der Waals surface area contributed by atoms with E-state index in [2.05, 4.69) is 4.98 Å². The van der Waals surface area contributed by atoms with Crippen LogP contribution in [0.25, 0.3) is 0 Å². The first-order valence-corrected chi connectivity index (χ1v) is 8.52. The molecule has 1 unspecified atom stereocenters. The highest BCUT2D eigenvalue weighted by molar-refractivity contribution is 5.80. The van der Waals surface area contributed by atoms with Crippen molar-refractivity contribution in [2.75, 3.05) is 31.1 Å². The van der Waals surface area contributed by atoms with E-state index in [-0.39, 0.29) is 11.8 Å². The van der Waals surface area contributed by atoms with E-state index in [1.54, 1.807) is 0 Å². The van der Waals surface area contributed by atoms with Crippen molar-refractivity contribution in [3.63, 3.8) is 0 Å². The summed E-state index contributed by atoms with van der Waals surface area (Å²) in [6.45, 7) is 2.97. The number of anilines is 1. The van der Waals surface area contributed by atoms with Crippen molar-refractivity contribution in [3.05, 3.63) is 24.0 Å². The number of aromatic nitrogens is 1. The minimum absolute atomic E-state index is 0.0702. The highest BCUT2D eigenvalue weighted by Gasteiger charge is 2.33. The highest BCUT2D eigenvalue weighted by Crippen LogP contribution is 2.30. The van der Waals surface area contributed by atoms with E-state index < -0.39 is 11.9 Å². The number of carbonyl (C=O) groups is 1. The van der Waals surface area contributed by atoms with Crippen LogP contribution in [0.5, 0.6) is 0 Å². The van der Waals surface area contributed by atoms with Crippen LogP contribution in [0.3, 0.4) is 0 Å². The second-order valence-corrected chi connectivity index (χ2v) is 6.57. The topological polar surface area (TPSA) is 36.4 Å². The molecule has 0 aliphatic carbocycles. The molecular formula is C17H22F3N3O. The fourth-order valence-corrected chi connectivity index (χ4v) is 3.53. The normalized spacial score (nSPS) is 22.5. The number of pyridine rings is 1. The van der Waals surface area contributed by atoms with Crippen LogP contribution in [-0.2, 0) is 11.0 Å². The summed E-state index contributed by atoms with van der Waals surface area (Å²) in [7, 11) is 0. The van der Waals surface area contributed by atoms with Crippen LogP contribution in [0, 0.1) is 5.92 Å². The molecule has 0 N–H and O–H groups in total. The zero-order valence-electron chi connectivity index (χ0n) is 13.6. The summed E-state index contributed by atoms with van der Waals surface area (Å²) >= 11 is 0. The Kier molecular flexibility index (Phi) is 4.96. The third kappa shape index (κ3) is 3.82. The lowest BCUT2D eigenvalue weighted by Crippen LogP contribution is -2.46. The molecule has 0 bridgehead atoms. The van der Waals surface area contributed by atoms with Crippen molar-refractivity contribution >= 4 is 11.6 Å². The Labute approximate surface area is 139 Å². The molecule has 2 saturated heterocycles. The molecule has 2 aliphatic heterocycles. The Morgan fingerprint density at radius 2 is 1.83 bits per heavy atom. The van der Waals surface area contributed by atoms with Crippen LogP contribution in [0.1, 0.15) is 37.8 Å². The zero-order valence-corrected chi connectivity index (χ0v) is 13.6. The lowest BCUT2D eigenvalue weighted by Gasteiger charge is -2.37. The lowest BCUT2D eigenvalue weighted by atomic mass is 9.95. The van der Waals surface area contributed by atoms with Crippen LogP contribution in [0.4, 0.5) is 18.9 Å². The highest BCUT2D eigenvalue weighted by atomic mass is 19.4. The van der Waals surface area contributed by atoms with E-state index in [1.807, 2.05) is 9.80 Å². The van der Waals surface area contributed by atoms with Gasteiger partial charge in [-0.3, -0.25) is 4.79 Å². The molecular weight excluding hydrogens is 319 g/mol. The van der Waals surface area contributed by atoms with Crippen LogP contribution < -0.4 is 4.90 Å². The van der Waals surface area contributed by atoms with Crippen LogP contribution >= 0.6 is 0 Å². The Hall–Kier alpha value is -1.79. The molecule has 0 aromatic carbocycles. The van der Waals surface area contributed by atoms with Gasteiger partial charge in [0.15, 0.2) is 0 Å². The maximum absolute atomic E-state index is 12.7. The minimum atomic E-state index is -4.42. The quantitative estimate of drug-likeness (QED) is 0.828. The zero-order chi connectivity index (χ0) is 17.2. The van der Waals surface area contributed by atoms with Gasteiger partial charge in [-0.2, -0.15) is 13.2 Å². The van der Waals surface area contributed by atoms with Gasteiger partial charge in [0.05, 0.1) is 17.8 Å². The summed E-state index contributed by atoms with van der Waals surface area (Å²) in [5, 5.41) is 0. The number of likely N-dealkylation sites (tertiary alicyclic amines) is 1. The van der Waals surface area contributed by atoms with Gasteiger partial charge in [-0.15, -0.1) is 0 Å². The number of rotatable bonds is 2. The molecule has 4 nitrogen and oxygen atoms in total. The summed E-state index contributed by atoms with van der Waals surface area (Å²) < 4.78 is 37.8. The predicted molar refractivity (Wildman–Crippen MR) is 84.6 cm³/mol. The predicted octanol–water partition coefficient (Wildman–Crippen LogP) is 3.33. The summed E-state index contributed by atoms with van der Waals surface area (Å²) in [6.07, 6.45) is 1.85. The van der Waals surface area contributed by atoms with Gasteiger partial charge in [0.25, 0.3) is 0 Å². The molecule has 1 amide bonds. The second kappa shape index (κ2) is 6.99. The number of alkyl halides is 3. The first-order chi connectivity index (χ1) is 11.4. The van der Waals surface area contributed by atoms with Gasteiger partial charge in [-0.1, -0.05) is 0 Å². The molecule has 132 valence electrons. The van der Waals surface area contributed by atoms with E-state index in [9.17, 15) is 18.0 Å². The van der Waals surface area contributed by atoms with Crippen molar-refractivity contribution in [2.45, 2.75) is 38.3 Å². The molecule has 2 aliphatic rings. The van der Waals surface area contributed by atoms with E-state index in [4.69, 9.17) is 0 Å². The van der Waals surface area contributed by atoms with Crippen LogP contribution in [0.15, 0.2) is 18.3 Å². The molecule has 1 aromatic rings. The average Bonchev–Trinajstić information content (AvgIpc) is 2.61. The maximum Gasteiger partial charge on any atom is 0.433 e. The molecule has 24 heavy (non-hydrogen) atoms. The van der Waals surface area contributed by atoms with E-state index in [0.717, 1.165) is 51.4 Å². The van der Waals surface area contributed by atoms with Gasteiger partial charge < -0.3 is 9.80 Å². The third-order valence-corrected chi connectivity index (χ3v) is 4.84. The molecule has 3 heterocycles. The number of nitrogens with zero attached hydrogens (tertiary/aromatic N) is 3. The van der Waals surface area contributed by atoms with E-state index >= 15 is 0 Å². The first kappa shape index (κ1) is 17.0. The summed E-state index contributed by atoms with van der Waals surface area (Å²) in [4.78, 5) is 20.1. The fourth-order valence-electron chi connectivity index (χ4n) is 3.53. The van der Waals surface area contributed by atoms with Gasteiger partial charge in [-0.25, -0.2) is 4.98 Å². The molecule has 0 spiro atoms. The maximum atomic E-state index is 12.7. The molecule has 3 rings (SSSR count). The van der Waals surface area contributed by atoms with Crippen molar-refractivity contribution in [2.24, 2.45) is 5.92 Å². The van der Waals surface area contributed by atoms with E-state index in [1.165, 1.54) is 18.7 Å². The standard InChI is InChI=1S/C17H22F3N3O/c18-17(19,20)15-7-6-14(11-21-15)23-10-4-5-13(12-23)16(24)22-8-2-1-3-9-22/h6-7,11,13H,1-5,8-10,12H2. The van der Waals surface area contributed by atoms with E-state index in [0.29, 0.717) is 12.2 Å². The number of hydrogen-bond donors (Lipinski definition) is 0. The monoisotopic (exact) mass is 341 g/mol. The number of piperidine rings is 2. The van der Waals surface area contributed by atoms with Crippen molar-refractivity contribution in [1.82, 2.24) is 9.88 Å². The summed E-state index contributed by atoms with van der Waals surface area (Å²) in [5.41, 5.74) is -0.233. The fraction of sp³-hybridized carbons (Fsp3) is 0.647. The van der Waals surface area contributed by atoms with Crippen molar-refractivity contribution in [1.29, 1.82) is 0 Å². The number of hydrogen-bond acceptors (Lipinski definition) is 3. The Balaban J connectivity index is 1.65. The molecule has 1 aromatic heterocycles. The SMILES string of the molecule is O=C(C1CCCN(c2ccc(C(F)(F)F)nc2)C1)N1CCCCC1. The van der Waals surface area contributed by atoms with Crippen LogP contribution in [0.2, 0.25) is 0 Å². The molecule has 2 fully saturated rings. The van der Waals surface area contributed by atoms with Gasteiger partial charge in [0.1, 0.15) is 5.69 Å². The van der Waals surface area contributed by atoms with Crippen LogP contribution in [-0.4, -0.2) is 42.0 Å². The molecule has 0 radical (unpaired) electrons. The molecule has 1 atom stereocenters. The largest absolute Gasteiger partial charge is 0.433 e. The lowest BCUT2D eigenvalue weighted by molar-refractivity contribution is -0.141. The number of carbonyl (C=O) groups excluding carboxylic acids is 1. The van der Waals surface area contributed by atoms with Gasteiger partial charge >= 0.3 is 6.18 Å². The molecule has 0 saturated carbocycles. The second-order valence-electron chi connectivity index (χ2n) is 6.57. The molecule has 7 heteroatoms. The first-order valence-electron chi connectivity index (χ1n) is 8.52. The minimum Gasteiger partial charge on any atom is -0.369 e.